The second kappa shape index (κ2) is 7.06. The highest BCUT2D eigenvalue weighted by Crippen LogP contribution is 2.39. The van der Waals surface area contributed by atoms with Crippen LogP contribution in [0.25, 0.3) is 5.69 Å². The summed E-state index contributed by atoms with van der Waals surface area (Å²) in [6.45, 7) is 1.23. The van der Waals surface area contributed by atoms with Gasteiger partial charge in [0.25, 0.3) is 0 Å². The van der Waals surface area contributed by atoms with Crippen LogP contribution in [-0.2, 0) is 17.4 Å². The first-order valence-electron chi connectivity index (χ1n) is 6.70. The zero-order chi connectivity index (χ0) is 19.1. The van der Waals surface area contributed by atoms with Crippen LogP contribution in [0.3, 0.4) is 0 Å². The average Bonchev–Trinajstić information content (AvgIpc) is 2.85. The van der Waals surface area contributed by atoms with Crippen molar-refractivity contribution in [2.75, 3.05) is 18.6 Å². The number of alkyl halides is 3. The minimum absolute atomic E-state index is 0.0557. The molecule has 0 fully saturated rings. The fraction of sp³-hybridized carbons (Fsp3) is 0.286. The Kier molecular flexibility index (Phi) is 5.62. The first kappa shape index (κ1) is 19.9. The molecule has 136 valence electrons. The van der Waals surface area contributed by atoms with Gasteiger partial charge in [0.2, 0.25) is 4.90 Å². The molecule has 1 aromatic heterocycles. The molecule has 0 saturated heterocycles. The molecule has 2 rings (SSSR count). The SMILES string of the molecule is CNc1c([S+](C)[O-])c(C(C)=O)nn1-c1c(Cl)cc(C(F)(F)F)cc1Cl. The number of nitrogens with zero attached hydrogens (tertiary/aromatic N) is 2. The number of rotatable bonds is 4. The van der Waals surface area contributed by atoms with E-state index in [1.165, 1.54) is 20.2 Å². The van der Waals surface area contributed by atoms with Crippen molar-refractivity contribution in [3.8, 4) is 5.69 Å². The molecule has 0 aliphatic heterocycles. The Balaban J connectivity index is 2.79. The summed E-state index contributed by atoms with van der Waals surface area (Å²) in [5.74, 6) is -0.311. The number of ketones is 1. The molecular formula is C14H12Cl2F3N3O2S. The van der Waals surface area contributed by atoms with Gasteiger partial charge in [0.15, 0.2) is 17.3 Å². The van der Waals surface area contributed by atoms with Crippen LogP contribution < -0.4 is 5.32 Å². The number of carbonyl (C=O) groups excluding carboxylic acids is 1. The second-order valence-corrected chi connectivity index (χ2v) is 7.12. The summed E-state index contributed by atoms with van der Waals surface area (Å²) < 4.78 is 51.7. The number of carbonyl (C=O) groups is 1. The van der Waals surface area contributed by atoms with Crippen LogP contribution in [0, 0.1) is 0 Å². The van der Waals surface area contributed by atoms with Crippen LogP contribution in [0.5, 0.6) is 0 Å². The molecule has 0 amide bonds. The van der Waals surface area contributed by atoms with Crippen LogP contribution in [0.15, 0.2) is 17.0 Å². The number of aromatic nitrogens is 2. The zero-order valence-electron chi connectivity index (χ0n) is 13.2. The Hall–Kier alpha value is -1.42. The molecule has 0 saturated carbocycles. The normalized spacial score (nSPS) is 13.0. The molecule has 0 spiro atoms. The summed E-state index contributed by atoms with van der Waals surface area (Å²) in [5, 5.41) is 6.15. The number of hydrogen-bond donors (Lipinski definition) is 1. The molecule has 0 radical (unpaired) electrons. The van der Waals surface area contributed by atoms with Crippen molar-refractivity contribution in [1.29, 1.82) is 0 Å². The summed E-state index contributed by atoms with van der Waals surface area (Å²) in [4.78, 5) is 11.9. The van der Waals surface area contributed by atoms with Crippen LogP contribution >= 0.6 is 23.2 Å². The van der Waals surface area contributed by atoms with Crippen LogP contribution in [0.1, 0.15) is 23.0 Å². The van der Waals surface area contributed by atoms with Gasteiger partial charge in [-0.2, -0.15) is 18.3 Å². The molecule has 11 heteroatoms. The molecule has 1 atom stereocenters. The highest BCUT2D eigenvalue weighted by molar-refractivity contribution is 7.91. The molecule has 5 nitrogen and oxygen atoms in total. The third-order valence-corrected chi connectivity index (χ3v) is 4.79. The first-order valence-corrected chi connectivity index (χ1v) is 9.02. The number of Topliss-reactive ketones (excluding diaryl/α,β-unsaturated/α-hetero) is 1. The van der Waals surface area contributed by atoms with E-state index in [2.05, 4.69) is 10.4 Å². The van der Waals surface area contributed by atoms with Gasteiger partial charge in [-0.1, -0.05) is 23.2 Å². The Morgan fingerprint density at radius 3 is 2.20 bits per heavy atom. The van der Waals surface area contributed by atoms with Crippen molar-refractivity contribution in [1.82, 2.24) is 9.78 Å². The Morgan fingerprint density at radius 2 is 1.84 bits per heavy atom. The Bertz CT molecular complexity index is 814. The lowest BCUT2D eigenvalue weighted by Gasteiger charge is -2.14. The fourth-order valence-electron chi connectivity index (χ4n) is 2.22. The van der Waals surface area contributed by atoms with Crippen molar-refractivity contribution >= 4 is 46.0 Å². The molecule has 0 aliphatic carbocycles. The van der Waals surface area contributed by atoms with E-state index < -0.39 is 28.7 Å². The number of nitrogens with one attached hydrogen (secondary N) is 1. The maximum atomic E-state index is 12.9. The largest absolute Gasteiger partial charge is 0.611 e. The van der Waals surface area contributed by atoms with Gasteiger partial charge in [-0.05, 0) is 23.3 Å². The van der Waals surface area contributed by atoms with Crippen LogP contribution in [0.4, 0.5) is 19.0 Å². The highest BCUT2D eigenvalue weighted by atomic mass is 35.5. The maximum Gasteiger partial charge on any atom is 0.416 e. The molecule has 1 N–H and O–H groups in total. The fourth-order valence-corrected chi connectivity index (χ4v) is 3.78. The molecule has 2 aromatic rings. The van der Waals surface area contributed by atoms with Gasteiger partial charge in [0.05, 0.1) is 15.6 Å². The van der Waals surface area contributed by atoms with Crippen molar-refractivity contribution in [3.63, 3.8) is 0 Å². The first-order chi connectivity index (χ1) is 11.5. The van der Waals surface area contributed by atoms with Crippen molar-refractivity contribution < 1.29 is 22.5 Å². The lowest BCUT2D eigenvalue weighted by atomic mass is 10.2. The minimum atomic E-state index is -4.62. The summed E-state index contributed by atoms with van der Waals surface area (Å²) in [7, 11) is 1.49. The molecule has 25 heavy (non-hydrogen) atoms. The molecular weight excluding hydrogens is 402 g/mol. The van der Waals surface area contributed by atoms with Gasteiger partial charge in [-0.15, -0.1) is 0 Å². The van der Waals surface area contributed by atoms with Crippen molar-refractivity contribution in [2.24, 2.45) is 0 Å². The molecule has 0 bridgehead atoms. The molecule has 1 aromatic carbocycles. The summed E-state index contributed by atoms with van der Waals surface area (Å²) in [5.41, 5.74) is -1.16. The van der Waals surface area contributed by atoms with E-state index in [0.717, 1.165) is 4.68 Å². The van der Waals surface area contributed by atoms with Crippen molar-refractivity contribution in [3.05, 3.63) is 33.4 Å². The predicted octanol–water partition coefficient (Wildman–Crippen LogP) is 4.18. The number of anilines is 1. The van der Waals surface area contributed by atoms with Gasteiger partial charge in [0.1, 0.15) is 11.9 Å². The predicted molar refractivity (Wildman–Crippen MR) is 90.5 cm³/mol. The summed E-state index contributed by atoms with van der Waals surface area (Å²) in [6, 6.07) is 1.42. The minimum Gasteiger partial charge on any atom is -0.611 e. The van der Waals surface area contributed by atoms with Gasteiger partial charge >= 0.3 is 6.18 Å². The number of hydrogen-bond acceptors (Lipinski definition) is 4. The topological polar surface area (TPSA) is 70.0 Å². The summed E-state index contributed by atoms with van der Waals surface area (Å²) >= 11 is 10.4. The van der Waals surface area contributed by atoms with Gasteiger partial charge in [-0.25, -0.2) is 4.68 Å². The van der Waals surface area contributed by atoms with E-state index in [4.69, 9.17) is 23.2 Å². The number of halogens is 5. The molecule has 1 heterocycles. The van der Waals surface area contributed by atoms with Gasteiger partial charge in [0, 0.05) is 14.0 Å². The van der Waals surface area contributed by atoms with Gasteiger partial charge in [-0.3, -0.25) is 4.79 Å². The van der Waals surface area contributed by atoms with Gasteiger partial charge < -0.3 is 9.87 Å². The Morgan fingerprint density at radius 1 is 1.32 bits per heavy atom. The highest BCUT2D eigenvalue weighted by Gasteiger charge is 2.34. The summed E-state index contributed by atoms with van der Waals surface area (Å²) in [6.07, 6.45) is -3.27. The third-order valence-electron chi connectivity index (χ3n) is 3.26. The van der Waals surface area contributed by atoms with Crippen LogP contribution in [0.2, 0.25) is 10.0 Å². The van der Waals surface area contributed by atoms with E-state index in [1.54, 1.807) is 0 Å². The third kappa shape index (κ3) is 3.74. The van der Waals surface area contributed by atoms with Crippen LogP contribution in [-0.4, -0.2) is 33.4 Å². The zero-order valence-corrected chi connectivity index (χ0v) is 15.5. The lowest BCUT2D eigenvalue weighted by Crippen LogP contribution is -2.09. The average molecular weight is 414 g/mol. The van der Waals surface area contributed by atoms with E-state index in [9.17, 15) is 22.5 Å². The monoisotopic (exact) mass is 413 g/mol. The van der Waals surface area contributed by atoms with E-state index in [0.29, 0.717) is 12.1 Å². The second-order valence-electron chi connectivity index (χ2n) is 4.98. The van der Waals surface area contributed by atoms with E-state index in [-0.39, 0.29) is 32.1 Å². The standard InChI is InChI=1S/C14H12Cl2F3N3O2S/c1-6(23)10-12(25(3)24)13(20-2)22(21-10)11-8(15)4-7(5-9(11)16)14(17,18)19/h4-5,20H,1-3H3. The van der Waals surface area contributed by atoms with Crippen molar-refractivity contribution in [2.45, 2.75) is 18.0 Å². The van der Waals surface area contributed by atoms with E-state index in [1.807, 2.05) is 0 Å². The number of benzene rings is 1. The molecule has 0 aliphatic rings. The maximum absolute atomic E-state index is 12.9. The lowest BCUT2D eigenvalue weighted by molar-refractivity contribution is -0.137. The van der Waals surface area contributed by atoms with E-state index >= 15 is 0 Å². The molecule has 1 unspecified atom stereocenters. The Labute approximate surface area is 154 Å². The quantitative estimate of drug-likeness (QED) is 0.602. The smallest absolute Gasteiger partial charge is 0.416 e.